The molecule has 1 aliphatic carbocycles. The maximum absolute atomic E-state index is 13.1. The molecule has 5 rings (SSSR count). The van der Waals surface area contributed by atoms with E-state index in [1.165, 1.54) is 22.9 Å². The number of benzene rings is 2. The maximum Gasteiger partial charge on any atom is 0.233 e. The molecule has 0 N–H and O–H groups in total. The van der Waals surface area contributed by atoms with Crippen LogP contribution in [0.4, 0.5) is 0 Å². The summed E-state index contributed by atoms with van der Waals surface area (Å²) in [5, 5.41) is 9.38. The molecule has 0 unspecified atom stereocenters. The molecule has 1 atom stereocenters. The lowest BCUT2D eigenvalue weighted by atomic mass is 9.87. The zero-order valence-electron chi connectivity index (χ0n) is 17.8. The molecule has 32 heavy (non-hydrogen) atoms. The number of fused-ring (bicyclic) bond motifs is 1. The standard InChI is InChI=1S/C25H24N4O2S/c1-28(21-14-7-10-18-9-5-6-13-20(18)21)23(30)17-32-25-27-26-24(22-15-8-16-31-22)29(25)19-11-3-2-4-12-19/h2-6,8-9,11-13,15-16,21H,7,10,14,17H2,1H3/t21-/m0/s1. The molecular formula is C25H24N4O2S. The zero-order valence-corrected chi connectivity index (χ0v) is 18.7. The lowest BCUT2D eigenvalue weighted by Crippen LogP contribution is -2.34. The summed E-state index contributed by atoms with van der Waals surface area (Å²) in [5.74, 6) is 1.62. The SMILES string of the molecule is CN(C(=O)CSc1nnc(-c2ccco2)n1-c1ccccc1)[C@H]1CCCc2ccccc21. The number of carbonyl (C=O) groups is 1. The first-order valence-corrected chi connectivity index (χ1v) is 11.7. The summed E-state index contributed by atoms with van der Waals surface area (Å²) in [6.07, 6.45) is 4.79. The van der Waals surface area contributed by atoms with Gasteiger partial charge in [0.1, 0.15) is 0 Å². The first-order valence-electron chi connectivity index (χ1n) is 10.7. The minimum absolute atomic E-state index is 0.0823. The Balaban J connectivity index is 1.37. The van der Waals surface area contributed by atoms with Crippen LogP contribution in [0.2, 0.25) is 0 Å². The van der Waals surface area contributed by atoms with E-state index in [0.717, 1.165) is 24.9 Å². The molecular weight excluding hydrogens is 420 g/mol. The minimum atomic E-state index is 0.0823. The predicted octanol–water partition coefficient (Wildman–Crippen LogP) is 5.16. The zero-order chi connectivity index (χ0) is 21.9. The van der Waals surface area contributed by atoms with Crippen molar-refractivity contribution in [2.24, 2.45) is 0 Å². The number of aryl methyl sites for hydroxylation is 1. The third kappa shape index (κ3) is 3.96. The lowest BCUT2D eigenvalue weighted by molar-refractivity contribution is -0.129. The smallest absolute Gasteiger partial charge is 0.233 e. The van der Waals surface area contributed by atoms with E-state index in [4.69, 9.17) is 4.42 Å². The highest BCUT2D eigenvalue weighted by atomic mass is 32.2. The van der Waals surface area contributed by atoms with E-state index in [-0.39, 0.29) is 17.7 Å². The van der Waals surface area contributed by atoms with Crippen LogP contribution >= 0.6 is 11.8 Å². The molecule has 7 heteroatoms. The molecule has 0 saturated carbocycles. The van der Waals surface area contributed by atoms with Gasteiger partial charge in [0, 0.05) is 12.7 Å². The van der Waals surface area contributed by atoms with Crippen LogP contribution in [0, 0.1) is 0 Å². The second-order valence-electron chi connectivity index (χ2n) is 7.85. The van der Waals surface area contributed by atoms with Gasteiger partial charge in [-0.15, -0.1) is 10.2 Å². The number of furan rings is 1. The Labute approximate surface area is 191 Å². The van der Waals surface area contributed by atoms with Gasteiger partial charge in [0.15, 0.2) is 10.9 Å². The molecule has 1 aliphatic rings. The number of para-hydroxylation sites is 1. The van der Waals surface area contributed by atoms with Crippen LogP contribution in [0.3, 0.4) is 0 Å². The van der Waals surface area contributed by atoms with E-state index in [0.29, 0.717) is 16.7 Å². The Hall–Kier alpha value is -3.32. The van der Waals surface area contributed by atoms with Crippen LogP contribution in [-0.4, -0.2) is 38.4 Å². The van der Waals surface area contributed by atoms with Crippen molar-refractivity contribution >= 4 is 17.7 Å². The van der Waals surface area contributed by atoms with Crippen molar-refractivity contribution in [1.82, 2.24) is 19.7 Å². The van der Waals surface area contributed by atoms with Crippen molar-refractivity contribution in [3.05, 3.63) is 84.1 Å². The Morgan fingerprint density at radius 1 is 1.09 bits per heavy atom. The Morgan fingerprint density at radius 2 is 1.91 bits per heavy atom. The predicted molar refractivity (Wildman–Crippen MR) is 125 cm³/mol. The summed E-state index contributed by atoms with van der Waals surface area (Å²) < 4.78 is 7.50. The first-order chi connectivity index (χ1) is 15.7. The molecule has 162 valence electrons. The lowest BCUT2D eigenvalue weighted by Gasteiger charge is -2.33. The monoisotopic (exact) mass is 444 g/mol. The van der Waals surface area contributed by atoms with E-state index in [9.17, 15) is 4.79 Å². The van der Waals surface area contributed by atoms with Gasteiger partial charge in [0.2, 0.25) is 11.7 Å². The van der Waals surface area contributed by atoms with Gasteiger partial charge in [-0.1, -0.05) is 54.2 Å². The number of aromatic nitrogens is 3. The Kier molecular flexibility index (Phi) is 5.81. The van der Waals surface area contributed by atoms with Gasteiger partial charge in [-0.05, 0) is 54.7 Å². The molecule has 6 nitrogen and oxygen atoms in total. The molecule has 1 amide bonds. The fraction of sp³-hybridized carbons (Fsp3) is 0.240. The second-order valence-corrected chi connectivity index (χ2v) is 8.80. The number of hydrogen-bond acceptors (Lipinski definition) is 5. The van der Waals surface area contributed by atoms with Crippen molar-refractivity contribution in [1.29, 1.82) is 0 Å². The summed E-state index contributed by atoms with van der Waals surface area (Å²) in [4.78, 5) is 15.0. The summed E-state index contributed by atoms with van der Waals surface area (Å²) >= 11 is 1.40. The number of rotatable bonds is 6. The Bertz CT molecular complexity index is 1200. The van der Waals surface area contributed by atoms with Gasteiger partial charge in [-0.3, -0.25) is 9.36 Å². The van der Waals surface area contributed by atoms with E-state index < -0.39 is 0 Å². The van der Waals surface area contributed by atoms with Gasteiger partial charge in [0.25, 0.3) is 0 Å². The molecule has 2 aromatic heterocycles. The van der Waals surface area contributed by atoms with Crippen molar-refractivity contribution < 1.29 is 9.21 Å². The Morgan fingerprint density at radius 3 is 2.72 bits per heavy atom. The highest BCUT2D eigenvalue weighted by Crippen LogP contribution is 2.34. The van der Waals surface area contributed by atoms with Crippen LogP contribution in [0.15, 0.2) is 82.6 Å². The van der Waals surface area contributed by atoms with Crippen LogP contribution < -0.4 is 0 Å². The molecule has 0 fully saturated rings. The van der Waals surface area contributed by atoms with Crippen molar-refractivity contribution in [2.75, 3.05) is 12.8 Å². The van der Waals surface area contributed by atoms with Gasteiger partial charge >= 0.3 is 0 Å². The van der Waals surface area contributed by atoms with Gasteiger partial charge in [-0.2, -0.15) is 0 Å². The van der Waals surface area contributed by atoms with E-state index >= 15 is 0 Å². The van der Waals surface area contributed by atoms with Crippen molar-refractivity contribution in [2.45, 2.75) is 30.5 Å². The fourth-order valence-corrected chi connectivity index (χ4v) is 5.15. The van der Waals surface area contributed by atoms with E-state index in [1.54, 1.807) is 6.26 Å². The quantitative estimate of drug-likeness (QED) is 0.385. The number of nitrogens with zero attached hydrogens (tertiary/aromatic N) is 4. The summed E-state index contributed by atoms with van der Waals surface area (Å²) in [6.45, 7) is 0. The first kappa shape index (κ1) is 20.6. The van der Waals surface area contributed by atoms with Gasteiger partial charge in [0.05, 0.1) is 18.1 Å². The van der Waals surface area contributed by atoms with Crippen molar-refractivity contribution in [3.8, 4) is 17.3 Å². The molecule has 0 bridgehead atoms. The largest absolute Gasteiger partial charge is 0.461 e. The number of thioether (sulfide) groups is 1. The highest BCUT2D eigenvalue weighted by molar-refractivity contribution is 7.99. The third-order valence-corrected chi connectivity index (χ3v) is 6.83. The van der Waals surface area contributed by atoms with Gasteiger partial charge in [-0.25, -0.2) is 0 Å². The van der Waals surface area contributed by atoms with Crippen LogP contribution in [0.5, 0.6) is 0 Å². The molecule has 0 spiro atoms. The van der Waals surface area contributed by atoms with Gasteiger partial charge < -0.3 is 9.32 Å². The minimum Gasteiger partial charge on any atom is -0.461 e. The number of hydrogen-bond donors (Lipinski definition) is 0. The third-order valence-electron chi connectivity index (χ3n) is 5.91. The highest BCUT2D eigenvalue weighted by Gasteiger charge is 2.27. The molecule has 0 radical (unpaired) electrons. The average molecular weight is 445 g/mol. The molecule has 4 aromatic rings. The number of carbonyl (C=O) groups excluding carboxylic acids is 1. The number of amides is 1. The summed E-state index contributed by atoms with van der Waals surface area (Å²) in [5.41, 5.74) is 3.54. The summed E-state index contributed by atoms with van der Waals surface area (Å²) in [6, 6.07) is 22.2. The van der Waals surface area contributed by atoms with E-state index in [1.807, 2.05) is 59.0 Å². The van der Waals surface area contributed by atoms with Crippen LogP contribution in [0.25, 0.3) is 17.3 Å². The molecule has 0 aliphatic heterocycles. The molecule has 2 heterocycles. The fourth-order valence-electron chi connectivity index (χ4n) is 4.27. The molecule has 2 aromatic carbocycles. The summed E-state index contributed by atoms with van der Waals surface area (Å²) in [7, 11) is 1.91. The normalized spacial score (nSPS) is 15.3. The van der Waals surface area contributed by atoms with Crippen LogP contribution in [-0.2, 0) is 11.2 Å². The van der Waals surface area contributed by atoms with E-state index in [2.05, 4.69) is 34.5 Å². The average Bonchev–Trinajstić information content (AvgIpc) is 3.52. The van der Waals surface area contributed by atoms with Crippen molar-refractivity contribution in [3.63, 3.8) is 0 Å². The second kappa shape index (κ2) is 9.04. The molecule has 0 saturated heterocycles. The topological polar surface area (TPSA) is 64.2 Å². The maximum atomic E-state index is 13.1. The van der Waals surface area contributed by atoms with Crippen LogP contribution in [0.1, 0.15) is 30.0 Å².